The molecule has 11 nitrogen and oxygen atoms in total. The van der Waals surface area contributed by atoms with E-state index in [9.17, 15) is 32.7 Å². The van der Waals surface area contributed by atoms with E-state index in [1.807, 2.05) is 6.92 Å². The van der Waals surface area contributed by atoms with Gasteiger partial charge in [0.1, 0.15) is 11.7 Å². The third kappa shape index (κ3) is 5.51. The van der Waals surface area contributed by atoms with E-state index in [2.05, 4.69) is 27.4 Å². The number of carbonyl (C=O) groups is 3. The Labute approximate surface area is 233 Å². The second-order valence-electron chi connectivity index (χ2n) is 11.1. The van der Waals surface area contributed by atoms with Gasteiger partial charge < -0.3 is 15.7 Å². The van der Waals surface area contributed by atoms with E-state index in [-0.39, 0.29) is 17.5 Å². The van der Waals surface area contributed by atoms with Gasteiger partial charge in [-0.2, -0.15) is 23.4 Å². The van der Waals surface area contributed by atoms with Crippen LogP contribution in [0.25, 0.3) is 5.65 Å². The summed E-state index contributed by atoms with van der Waals surface area (Å²) in [5.74, 6) is -2.42. The summed E-state index contributed by atoms with van der Waals surface area (Å²) in [4.78, 5) is 42.6. The number of fused-ring (bicyclic) bond motifs is 1. The molecule has 1 aliphatic heterocycles. The molecule has 2 aliphatic rings. The van der Waals surface area contributed by atoms with Gasteiger partial charge in [0.2, 0.25) is 5.91 Å². The molecule has 0 radical (unpaired) electrons. The second-order valence-corrected chi connectivity index (χ2v) is 11.1. The molecule has 41 heavy (non-hydrogen) atoms. The van der Waals surface area contributed by atoms with Crippen molar-refractivity contribution in [3.05, 3.63) is 47.7 Å². The third-order valence-corrected chi connectivity index (χ3v) is 8.36. The number of rotatable bonds is 8. The van der Waals surface area contributed by atoms with Crippen LogP contribution in [-0.4, -0.2) is 59.5 Å². The van der Waals surface area contributed by atoms with E-state index >= 15 is 0 Å². The Morgan fingerprint density at radius 2 is 1.95 bits per heavy atom. The number of hydrogen-bond donors (Lipinski definition) is 3. The van der Waals surface area contributed by atoms with Crippen LogP contribution in [0.1, 0.15) is 73.9 Å². The zero-order valence-corrected chi connectivity index (χ0v) is 22.7. The number of carboxylic acids is 1. The van der Waals surface area contributed by atoms with Crippen LogP contribution < -0.4 is 10.6 Å². The van der Waals surface area contributed by atoms with E-state index in [4.69, 9.17) is 0 Å². The number of nitrogens with one attached hydrogen (secondary N) is 2. The minimum Gasteiger partial charge on any atom is -0.480 e. The quantitative estimate of drug-likeness (QED) is 0.350. The van der Waals surface area contributed by atoms with Crippen molar-refractivity contribution < 1.29 is 32.7 Å². The maximum absolute atomic E-state index is 13.3. The van der Waals surface area contributed by atoms with E-state index in [0.717, 1.165) is 25.7 Å². The molecule has 3 aromatic rings. The standard InChI is InChI=1S/C27H32F3N7O4/c1-3-36-19(10-11-31-36)23(38)34-22(16-6-4-15(2)5-7-16)18-14-37-21(32-18)9-8-17(35-37)12-26(25(40)41)13-20(27(28,29)30)33-24(26)39/h8-11,14-16,20,22H,3-7,12-13H2,1-2H3,(H,33,39)(H,34,38)(H,40,41)/t15-,16-,20-,22-,26?/m0/s1. The van der Waals surface area contributed by atoms with Gasteiger partial charge >= 0.3 is 12.1 Å². The molecule has 1 aliphatic carbocycles. The Hall–Kier alpha value is -3.97. The summed E-state index contributed by atoms with van der Waals surface area (Å²) < 4.78 is 42.9. The lowest BCUT2D eigenvalue weighted by atomic mass is 9.78. The van der Waals surface area contributed by atoms with Crippen molar-refractivity contribution in [2.45, 2.75) is 77.2 Å². The van der Waals surface area contributed by atoms with E-state index < -0.39 is 48.4 Å². The number of hydrogen-bond acceptors (Lipinski definition) is 6. The zero-order chi connectivity index (χ0) is 29.5. The number of amides is 2. The predicted molar refractivity (Wildman–Crippen MR) is 139 cm³/mol. The molecule has 3 N–H and O–H groups in total. The average molecular weight is 576 g/mol. The van der Waals surface area contributed by atoms with Gasteiger partial charge in [0, 0.05) is 25.6 Å². The molecule has 1 saturated heterocycles. The summed E-state index contributed by atoms with van der Waals surface area (Å²) in [6.45, 7) is 4.62. The smallest absolute Gasteiger partial charge is 0.408 e. The first-order chi connectivity index (χ1) is 19.4. The molecule has 0 spiro atoms. The molecule has 3 aromatic heterocycles. The number of aryl methyl sites for hydroxylation is 1. The van der Waals surface area contributed by atoms with Crippen LogP contribution in [0.15, 0.2) is 30.6 Å². The molecule has 4 heterocycles. The Balaban J connectivity index is 1.44. The van der Waals surface area contributed by atoms with Gasteiger partial charge in [0.25, 0.3) is 5.91 Å². The molecule has 14 heteroatoms. The van der Waals surface area contributed by atoms with Crippen LogP contribution >= 0.6 is 0 Å². The van der Waals surface area contributed by atoms with Crippen molar-refractivity contribution in [2.75, 3.05) is 0 Å². The van der Waals surface area contributed by atoms with Gasteiger partial charge in [0.15, 0.2) is 11.1 Å². The van der Waals surface area contributed by atoms with Crippen LogP contribution in [0.5, 0.6) is 0 Å². The number of carbonyl (C=O) groups excluding carboxylic acids is 2. The van der Waals surface area contributed by atoms with Crippen LogP contribution in [-0.2, 0) is 22.6 Å². The summed E-state index contributed by atoms with van der Waals surface area (Å²) in [7, 11) is 0. The zero-order valence-electron chi connectivity index (χ0n) is 22.7. The average Bonchev–Trinajstić information content (AvgIpc) is 3.65. The van der Waals surface area contributed by atoms with Crippen molar-refractivity contribution >= 4 is 23.4 Å². The molecule has 220 valence electrons. The number of nitrogens with zero attached hydrogens (tertiary/aromatic N) is 5. The maximum Gasteiger partial charge on any atom is 0.408 e. The molecule has 2 fully saturated rings. The highest BCUT2D eigenvalue weighted by molar-refractivity contribution is 6.04. The number of aliphatic carboxylic acids is 1. The maximum atomic E-state index is 13.3. The fourth-order valence-corrected chi connectivity index (χ4v) is 5.94. The van der Waals surface area contributed by atoms with Crippen molar-refractivity contribution in [1.82, 2.24) is 35.0 Å². The highest BCUT2D eigenvalue weighted by Crippen LogP contribution is 2.40. The molecule has 3 atom stereocenters. The number of carboxylic acid groups (broad SMARTS) is 1. The largest absolute Gasteiger partial charge is 0.480 e. The Morgan fingerprint density at radius 3 is 2.59 bits per heavy atom. The van der Waals surface area contributed by atoms with E-state index in [0.29, 0.717) is 29.5 Å². The lowest BCUT2D eigenvalue weighted by Gasteiger charge is -2.32. The van der Waals surface area contributed by atoms with Crippen molar-refractivity contribution in [3.63, 3.8) is 0 Å². The summed E-state index contributed by atoms with van der Waals surface area (Å²) in [5, 5.41) is 23.3. The summed E-state index contributed by atoms with van der Waals surface area (Å²) in [6, 6.07) is 2.00. The first-order valence-electron chi connectivity index (χ1n) is 13.7. The van der Waals surface area contributed by atoms with Crippen molar-refractivity contribution in [1.29, 1.82) is 0 Å². The minimum absolute atomic E-state index is 0.120. The van der Waals surface area contributed by atoms with E-state index in [1.165, 1.54) is 10.6 Å². The van der Waals surface area contributed by atoms with Gasteiger partial charge in [-0.1, -0.05) is 19.8 Å². The van der Waals surface area contributed by atoms with Crippen LogP contribution in [0.2, 0.25) is 0 Å². The molecule has 1 saturated carbocycles. The summed E-state index contributed by atoms with van der Waals surface area (Å²) >= 11 is 0. The number of aromatic nitrogens is 5. The van der Waals surface area contributed by atoms with Gasteiger partial charge in [-0.05, 0) is 49.8 Å². The van der Waals surface area contributed by atoms with E-state index in [1.54, 1.807) is 34.5 Å². The molecule has 0 aromatic carbocycles. The van der Waals surface area contributed by atoms with Gasteiger partial charge in [0.05, 0.1) is 23.6 Å². The molecule has 2 amide bonds. The van der Waals surface area contributed by atoms with Gasteiger partial charge in [-0.15, -0.1) is 0 Å². The lowest BCUT2D eigenvalue weighted by molar-refractivity contribution is -0.158. The fourth-order valence-electron chi connectivity index (χ4n) is 5.94. The van der Waals surface area contributed by atoms with Crippen molar-refractivity contribution in [3.8, 4) is 0 Å². The van der Waals surface area contributed by atoms with Gasteiger partial charge in [-0.25, -0.2) is 9.50 Å². The molecule has 5 rings (SSSR count). The lowest BCUT2D eigenvalue weighted by Crippen LogP contribution is -2.41. The summed E-state index contributed by atoms with van der Waals surface area (Å²) in [5.41, 5.74) is -0.771. The first-order valence-corrected chi connectivity index (χ1v) is 13.7. The summed E-state index contributed by atoms with van der Waals surface area (Å²) in [6.07, 6.45) is 0.792. The Bertz CT molecular complexity index is 1460. The predicted octanol–water partition coefficient (Wildman–Crippen LogP) is 3.31. The fraction of sp³-hybridized carbons (Fsp3) is 0.556. The van der Waals surface area contributed by atoms with Crippen LogP contribution in [0, 0.1) is 17.3 Å². The van der Waals surface area contributed by atoms with Crippen LogP contribution in [0.4, 0.5) is 13.2 Å². The monoisotopic (exact) mass is 575 g/mol. The number of alkyl halides is 3. The molecule has 1 unspecified atom stereocenters. The van der Waals surface area contributed by atoms with Gasteiger partial charge in [-0.3, -0.25) is 19.1 Å². The number of halogens is 3. The molecule has 0 bridgehead atoms. The number of imidazole rings is 1. The van der Waals surface area contributed by atoms with Crippen molar-refractivity contribution in [2.24, 2.45) is 17.3 Å². The Kier molecular flexibility index (Phi) is 7.51. The SMILES string of the molecule is CCn1nccc1C(=O)N[C@H](c1cn2nc(CC3(C(=O)O)C[C@@H](C(F)(F)F)NC3=O)ccc2n1)[C@H]1CC[C@H](C)CC1. The Morgan fingerprint density at radius 1 is 1.22 bits per heavy atom. The van der Waals surface area contributed by atoms with Crippen LogP contribution in [0.3, 0.4) is 0 Å². The first kappa shape index (κ1) is 28.6. The third-order valence-electron chi connectivity index (χ3n) is 8.36. The molecular weight excluding hydrogens is 543 g/mol. The normalized spacial score (nSPS) is 25.7. The molecular formula is C27H32F3N7O4. The topological polar surface area (TPSA) is 144 Å². The second kappa shape index (κ2) is 10.8. The minimum atomic E-state index is -4.77. The highest BCUT2D eigenvalue weighted by atomic mass is 19.4. The highest BCUT2D eigenvalue weighted by Gasteiger charge is 2.59.